The van der Waals surface area contributed by atoms with E-state index in [1.54, 1.807) is 18.2 Å². The van der Waals surface area contributed by atoms with Crippen LogP contribution in [0.25, 0.3) is 0 Å². The van der Waals surface area contributed by atoms with Crippen molar-refractivity contribution in [1.82, 2.24) is 0 Å². The van der Waals surface area contributed by atoms with Gasteiger partial charge < -0.3 is 15.2 Å². The standard InChI is InChI=1S/C11H10ClNO4/c12-7-1-2-8-9(4-7)17-5-6(3-10(14)15)11(16)13-8/h1-2,4,6H,3,5H2,(H,13,16)(H,14,15). The van der Waals surface area contributed by atoms with Crippen LogP contribution in [0, 0.1) is 5.92 Å². The quantitative estimate of drug-likeness (QED) is 0.844. The molecule has 1 atom stereocenters. The van der Waals surface area contributed by atoms with Crippen molar-refractivity contribution in [3.63, 3.8) is 0 Å². The Morgan fingerprint density at radius 3 is 3.06 bits per heavy atom. The van der Waals surface area contributed by atoms with Crippen molar-refractivity contribution in [2.24, 2.45) is 5.92 Å². The highest BCUT2D eigenvalue weighted by Gasteiger charge is 2.26. The number of amides is 1. The molecule has 17 heavy (non-hydrogen) atoms. The summed E-state index contributed by atoms with van der Waals surface area (Å²) in [6.45, 7) is 0.0332. The van der Waals surface area contributed by atoms with Crippen molar-refractivity contribution < 1.29 is 19.4 Å². The van der Waals surface area contributed by atoms with Crippen molar-refractivity contribution in [2.45, 2.75) is 6.42 Å². The average Bonchev–Trinajstić information content (AvgIpc) is 2.39. The number of carbonyl (C=O) groups is 2. The van der Waals surface area contributed by atoms with Crippen LogP contribution in [0.3, 0.4) is 0 Å². The second-order valence-electron chi connectivity index (χ2n) is 3.74. The molecule has 1 heterocycles. The Kier molecular flexibility index (Phi) is 3.19. The van der Waals surface area contributed by atoms with Crippen LogP contribution < -0.4 is 10.1 Å². The number of rotatable bonds is 2. The fourth-order valence-corrected chi connectivity index (χ4v) is 1.74. The van der Waals surface area contributed by atoms with Gasteiger partial charge in [0, 0.05) is 11.1 Å². The van der Waals surface area contributed by atoms with Gasteiger partial charge in [0.1, 0.15) is 12.4 Å². The van der Waals surface area contributed by atoms with Gasteiger partial charge in [-0.1, -0.05) is 11.6 Å². The summed E-state index contributed by atoms with van der Waals surface area (Å²) in [5.41, 5.74) is 0.507. The average molecular weight is 256 g/mol. The van der Waals surface area contributed by atoms with E-state index in [0.717, 1.165) is 0 Å². The van der Waals surface area contributed by atoms with Crippen molar-refractivity contribution in [1.29, 1.82) is 0 Å². The molecule has 0 saturated carbocycles. The third kappa shape index (κ3) is 2.68. The number of carboxylic acid groups (broad SMARTS) is 1. The number of fused-ring (bicyclic) bond motifs is 1. The van der Waals surface area contributed by atoms with E-state index in [-0.39, 0.29) is 18.9 Å². The van der Waals surface area contributed by atoms with Gasteiger partial charge in [0.2, 0.25) is 5.91 Å². The summed E-state index contributed by atoms with van der Waals surface area (Å²) in [6, 6.07) is 4.83. The number of hydrogen-bond acceptors (Lipinski definition) is 3. The highest BCUT2D eigenvalue weighted by molar-refractivity contribution is 6.30. The Balaban J connectivity index is 2.22. The molecule has 1 amide bonds. The van der Waals surface area contributed by atoms with Gasteiger partial charge in [0.05, 0.1) is 18.0 Å². The topological polar surface area (TPSA) is 75.6 Å². The lowest BCUT2D eigenvalue weighted by molar-refractivity contribution is -0.140. The maximum absolute atomic E-state index is 11.7. The zero-order valence-electron chi connectivity index (χ0n) is 8.77. The van der Waals surface area contributed by atoms with Crippen LogP contribution in [0.2, 0.25) is 5.02 Å². The molecular weight excluding hydrogens is 246 g/mol. The minimum absolute atomic E-state index is 0.0332. The van der Waals surface area contributed by atoms with E-state index >= 15 is 0 Å². The van der Waals surface area contributed by atoms with Crippen molar-refractivity contribution in [3.8, 4) is 5.75 Å². The summed E-state index contributed by atoms with van der Waals surface area (Å²) >= 11 is 5.80. The fourth-order valence-electron chi connectivity index (χ4n) is 1.58. The first-order valence-electron chi connectivity index (χ1n) is 5.01. The predicted octanol–water partition coefficient (Wildman–Crippen LogP) is 1.76. The van der Waals surface area contributed by atoms with Crippen molar-refractivity contribution in [3.05, 3.63) is 23.2 Å². The van der Waals surface area contributed by atoms with E-state index in [4.69, 9.17) is 21.4 Å². The molecule has 6 heteroatoms. The molecule has 1 aromatic rings. The molecule has 0 bridgehead atoms. The molecule has 0 spiro atoms. The van der Waals surface area contributed by atoms with Crippen molar-refractivity contribution >= 4 is 29.2 Å². The summed E-state index contributed by atoms with van der Waals surface area (Å²) in [7, 11) is 0. The Morgan fingerprint density at radius 2 is 2.35 bits per heavy atom. The van der Waals surface area contributed by atoms with E-state index in [0.29, 0.717) is 16.5 Å². The Hall–Kier alpha value is -1.75. The fraction of sp³-hybridized carbons (Fsp3) is 0.273. The number of carboxylic acids is 1. The van der Waals surface area contributed by atoms with E-state index in [1.165, 1.54) is 0 Å². The smallest absolute Gasteiger partial charge is 0.304 e. The van der Waals surface area contributed by atoms with Gasteiger partial charge in [0.15, 0.2) is 0 Å². The lowest BCUT2D eigenvalue weighted by atomic mass is 10.1. The molecule has 90 valence electrons. The number of hydrogen-bond donors (Lipinski definition) is 2. The molecule has 5 nitrogen and oxygen atoms in total. The SMILES string of the molecule is O=C(O)CC1COc2cc(Cl)ccc2NC1=O. The van der Waals surface area contributed by atoms with Gasteiger partial charge in [-0.3, -0.25) is 9.59 Å². The second kappa shape index (κ2) is 4.63. The molecule has 0 saturated heterocycles. The largest absolute Gasteiger partial charge is 0.491 e. The zero-order chi connectivity index (χ0) is 12.4. The van der Waals surface area contributed by atoms with Crippen LogP contribution in [0.4, 0.5) is 5.69 Å². The molecule has 0 fully saturated rings. The highest BCUT2D eigenvalue weighted by Crippen LogP contribution is 2.31. The van der Waals surface area contributed by atoms with Gasteiger partial charge in [-0.05, 0) is 12.1 Å². The lowest BCUT2D eigenvalue weighted by Crippen LogP contribution is -2.27. The molecule has 0 aliphatic carbocycles. The maximum atomic E-state index is 11.7. The number of carbonyl (C=O) groups excluding carboxylic acids is 1. The van der Waals surface area contributed by atoms with E-state index < -0.39 is 11.9 Å². The van der Waals surface area contributed by atoms with Crippen LogP contribution in [-0.4, -0.2) is 23.6 Å². The summed E-state index contributed by atoms with van der Waals surface area (Å²) in [5.74, 6) is -1.62. The number of halogens is 1. The van der Waals surface area contributed by atoms with Gasteiger partial charge in [-0.25, -0.2) is 0 Å². The van der Waals surface area contributed by atoms with Crippen LogP contribution in [0.5, 0.6) is 5.75 Å². The summed E-state index contributed by atoms with van der Waals surface area (Å²) in [4.78, 5) is 22.3. The molecule has 2 rings (SSSR count). The monoisotopic (exact) mass is 255 g/mol. The molecule has 2 N–H and O–H groups in total. The van der Waals surface area contributed by atoms with Crippen LogP contribution >= 0.6 is 11.6 Å². The normalized spacial score (nSPS) is 18.6. The number of aliphatic carboxylic acids is 1. The van der Waals surface area contributed by atoms with Gasteiger partial charge in [0.25, 0.3) is 0 Å². The van der Waals surface area contributed by atoms with Crippen LogP contribution in [0.15, 0.2) is 18.2 Å². The minimum Gasteiger partial charge on any atom is -0.491 e. The molecule has 1 aliphatic rings. The Labute approximate surface area is 102 Å². The number of anilines is 1. The maximum Gasteiger partial charge on any atom is 0.304 e. The Morgan fingerprint density at radius 1 is 1.59 bits per heavy atom. The third-order valence-corrected chi connectivity index (χ3v) is 2.67. The minimum atomic E-state index is -1.03. The molecule has 1 aromatic carbocycles. The number of nitrogens with one attached hydrogen (secondary N) is 1. The van der Waals surface area contributed by atoms with E-state index in [2.05, 4.69) is 5.32 Å². The lowest BCUT2D eigenvalue weighted by Gasteiger charge is -2.09. The summed E-state index contributed by atoms with van der Waals surface area (Å²) < 4.78 is 5.38. The third-order valence-electron chi connectivity index (χ3n) is 2.43. The van der Waals surface area contributed by atoms with Gasteiger partial charge in [-0.15, -0.1) is 0 Å². The molecule has 0 aromatic heterocycles. The van der Waals surface area contributed by atoms with E-state index in [9.17, 15) is 9.59 Å². The molecule has 1 aliphatic heterocycles. The molecular formula is C11H10ClNO4. The number of ether oxygens (including phenoxy) is 1. The number of benzene rings is 1. The second-order valence-corrected chi connectivity index (χ2v) is 4.17. The van der Waals surface area contributed by atoms with Gasteiger partial charge >= 0.3 is 5.97 Å². The highest BCUT2D eigenvalue weighted by atomic mass is 35.5. The van der Waals surface area contributed by atoms with Crippen molar-refractivity contribution in [2.75, 3.05) is 11.9 Å². The van der Waals surface area contributed by atoms with Gasteiger partial charge in [-0.2, -0.15) is 0 Å². The first kappa shape index (κ1) is 11.7. The summed E-state index contributed by atoms with van der Waals surface area (Å²) in [6.07, 6.45) is -0.256. The van der Waals surface area contributed by atoms with E-state index in [1.807, 2.05) is 0 Å². The van der Waals surface area contributed by atoms with Crippen LogP contribution in [-0.2, 0) is 9.59 Å². The molecule has 0 radical (unpaired) electrons. The van der Waals surface area contributed by atoms with Crippen LogP contribution in [0.1, 0.15) is 6.42 Å². The molecule has 1 unspecified atom stereocenters. The first-order valence-corrected chi connectivity index (χ1v) is 5.39. The zero-order valence-corrected chi connectivity index (χ0v) is 9.53. The summed E-state index contributed by atoms with van der Waals surface area (Å²) in [5, 5.41) is 11.8. The predicted molar refractivity (Wildman–Crippen MR) is 61.3 cm³/mol. The first-order chi connectivity index (χ1) is 8.06. The Bertz CT molecular complexity index is 475.